The molecule has 0 saturated carbocycles. The highest BCUT2D eigenvalue weighted by atomic mass is 14.2. The maximum absolute atomic E-state index is 8.46. The van der Waals surface area contributed by atoms with Crippen LogP contribution >= 0.6 is 0 Å². The fourth-order valence-corrected chi connectivity index (χ4v) is 1.46. The summed E-state index contributed by atoms with van der Waals surface area (Å²) in [5.41, 5.74) is 4.03. The summed E-state index contributed by atoms with van der Waals surface area (Å²) in [6, 6.07) is 8.64. The van der Waals surface area contributed by atoms with Crippen LogP contribution in [0.1, 0.15) is 30.0 Å². The van der Waals surface area contributed by atoms with Crippen molar-refractivity contribution in [3.8, 4) is 6.07 Å². The molecule has 1 aromatic carbocycles. The zero-order chi connectivity index (χ0) is 9.68. The summed E-state index contributed by atoms with van der Waals surface area (Å²) in [4.78, 5) is 0. The first-order valence-electron chi connectivity index (χ1n) is 4.73. The first-order valence-corrected chi connectivity index (χ1v) is 4.73. The van der Waals surface area contributed by atoms with Crippen molar-refractivity contribution in [3.05, 3.63) is 34.9 Å². The van der Waals surface area contributed by atoms with E-state index >= 15 is 0 Å². The summed E-state index contributed by atoms with van der Waals surface area (Å²) < 4.78 is 0. The fraction of sp³-hybridized carbons (Fsp3) is 0.417. The zero-order valence-corrected chi connectivity index (χ0v) is 8.30. The van der Waals surface area contributed by atoms with Crippen LogP contribution in [0, 0.1) is 18.3 Å². The topological polar surface area (TPSA) is 23.8 Å². The summed E-state index contributed by atoms with van der Waals surface area (Å²) in [6.07, 6.45) is 2.57. The van der Waals surface area contributed by atoms with Crippen molar-refractivity contribution in [3.63, 3.8) is 0 Å². The molecule has 1 rings (SSSR count). The van der Waals surface area contributed by atoms with E-state index in [4.69, 9.17) is 5.26 Å². The quantitative estimate of drug-likeness (QED) is 0.689. The number of aryl methyl sites for hydroxylation is 3. The van der Waals surface area contributed by atoms with Crippen molar-refractivity contribution in [2.24, 2.45) is 0 Å². The Morgan fingerprint density at radius 1 is 1.38 bits per heavy atom. The lowest BCUT2D eigenvalue weighted by atomic mass is 10.0. The number of benzene rings is 1. The summed E-state index contributed by atoms with van der Waals surface area (Å²) in [7, 11) is 0. The van der Waals surface area contributed by atoms with E-state index in [9.17, 15) is 0 Å². The number of rotatable bonds is 3. The molecule has 0 saturated heterocycles. The average Bonchev–Trinajstić information content (AvgIpc) is 2.16. The van der Waals surface area contributed by atoms with Gasteiger partial charge in [-0.1, -0.05) is 25.1 Å². The van der Waals surface area contributed by atoms with Gasteiger partial charge in [-0.25, -0.2) is 0 Å². The van der Waals surface area contributed by atoms with Crippen LogP contribution in [0.5, 0.6) is 0 Å². The summed E-state index contributed by atoms with van der Waals surface area (Å²) in [5.74, 6) is 0. The van der Waals surface area contributed by atoms with E-state index in [0.29, 0.717) is 6.42 Å². The van der Waals surface area contributed by atoms with Gasteiger partial charge in [-0.05, 0) is 36.5 Å². The van der Waals surface area contributed by atoms with Gasteiger partial charge in [0, 0.05) is 6.42 Å². The van der Waals surface area contributed by atoms with E-state index in [-0.39, 0.29) is 0 Å². The molecule has 13 heavy (non-hydrogen) atoms. The molecule has 0 aliphatic rings. The van der Waals surface area contributed by atoms with Gasteiger partial charge in [0.05, 0.1) is 6.07 Å². The molecule has 0 fully saturated rings. The van der Waals surface area contributed by atoms with Crippen LogP contribution in [0.2, 0.25) is 0 Å². The molecule has 68 valence electrons. The highest BCUT2D eigenvalue weighted by Gasteiger charge is 1.97. The van der Waals surface area contributed by atoms with Gasteiger partial charge in [0.1, 0.15) is 0 Å². The van der Waals surface area contributed by atoms with E-state index in [1.54, 1.807) is 0 Å². The highest BCUT2D eigenvalue weighted by molar-refractivity contribution is 5.31. The van der Waals surface area contributed by atoms with Gasteiger partial charge in [-0.15, -0.1) is 0 Å². The molecule has 0 atom stereocenters. The lowest BCUT2D eigenvalue weighted by Gasteiger charge is -2.05. The minimum absolute atomic E-state index is 0.617. The fourth-order valence-electron chi connectivity index (χ4n) is 1.46. The van der Waals surface area contributed by atoms with Crippen molar-refractivity contribution >= 4 is 0 Å². The summed E-state index contributed by atoms with van der Waals surface area (Å²) in [5, 5.41) is 8.46. The monoisotopic (exact) mass is 173 g/mol. The van der Waals surface area contributed by atoms with Gasteiger partial charge in [-0.2, -0.15) is 5.26 Å². The smallest absolute Gasteiger partial charge is 0.0625 e. The van der Waals surface area contributed by atoms with Crippen molar-refractivity contribution in [1.29, 1.82) is 5.26 Å². The van der Waals surface area contributed by atoms with Crippen LogP contribution < -0.4 is 0 Å². The minimum Gasteiger partial charge on any atom is -0.198 e. The molecule has 0 amide bonds. The summed E-state index contributed by atoms with van der Waals surface area (Å²) in [6.45, 7) is 4.29. The van der Waals surface area contributed by atoms with Crippen LogP contribution in [0.15, 0.2) is 18.2 Å². The van der Waals surface area contributed by atoms with Gasteiger partial charge in [0.25, 0.3) is 0 Å². The lowest BCUT2D eigenvalue weighted by molar-refractivity contribution is 0.994. The molecular weight excluding hydrogens is 158 g/mol. The predicted octanol–water partition coefficient (Wildman–Crippen LogP) is 3.01. The predicted molar refractivity (Wildman–Crippen MR) is 54.5 cm³/mol. The van der Waals surface area contributed by atoms with Gasteiger partial charge in [0.2, 0.25) is 0 Å². The Morgan fingerprint density at radius 3 is 2.77 bits per heavy atom. The van der Waals surface area contributed by atoms with Crippen LogP contribution in [0.3, 0.4) is 0 Å². The van der Waals surface area contributed by atoms with Gasteiger partial charge >= 0.3 is 0 Å². The van der Waals surface area contributed by atoms with Crippen LogP contribution in [0.4, 0.5) is 0 Å². The highest BCUT2D eigenvalue weighted by Crippen LogP contribution is 2.12. The Hall–Kier alpha value is -1.29. The van der Waals surface area contributed by atoms with E-state index in [1.807, 2.05) is 0 Å². The van der Waals surface area contributed by atoms with Gasteiger partial charge in [-0.3, -0.25) is 0 Å². The molecular formula is C12H15N. The molecule has 0 aromatic heterocycles. The standard InChI is InChI=1S/C12H15N/c1-3-12-9-11(5-4-8-13)7-6-10(12)2/h6-7,9H,3-5H2,1-2H3. The average molecular weight is 173 g/mol. The largest absolute Gasteiger partial charge is 0.198 e. The summed E-state index contributed by atoms with van der Waals surface area (Å²) >= 11 is 0. The molecule has 1 nitrogen and oxygen atoms in total. The Labute approximate surface area is 80.0 Å². The van der Waals surface area contributed by atoms with E-state index < -0.39 is 0 Å². The molecule has 1 heteroatoms. The maximum Gasteiger partial charge on any atom is 0.0625 e. The van der Waals surface area contributed by atoms with Crippen molar-refractivity contribution < 1.29 is 0 Å². The number of hydrogen-bond acceptors (Lipinski definition) is 1. The van der Waals surface area contributed by atoms with Crippen molar-refractivity contribution in [1.82, 2.24) is 0 Å². The van der Waals surface area contributed by atoms with Crippen LogP contribution in [-0.2, 0) is 12.8 Å². The SMILES string of the molecule is CCc1cc(CCC#N)ccc1C. The van der Waals surface area contributed by atoms with Crippen LogP contribution in [-0.4, -0.2) is 0 Å². The van der Waals surface area contributed by atoms with Crippen molar-refractivity contribution in [2.75, 3.05) is 0 Å². The normalized spacial score (nSPS) is 9.62. The number of nitriles is 1. The lowest BCUT2D eigenvalue weighted by Crippen LogP contribution is -1.90. The molecule has 0 spiro atoms. The minimum atomic E-state index is 0.617. The second-order valence-corrected chi connectivity index (χ2v) is 3.27. The second kappa shape index (κ2) is 4.67. The van der Waals surface area contributed by atoms with Crippen molar-refractivity contribution in [2.45, 2.75) is 33.1 Å². The third-order valence-electron chi connectivity index (χ3n) is 2.32. The second-order valence-electron chi connectivity index (χ2n) is 3.27. The molecule has 1 aromatic rings. The third-order valence-corrected chi connectivity index (χ3v) is 2.32. The molecule has 0 aliphatic carbocycles. The Balaban J connectivity index is 2.81. The molecule has 0 aliphatic heterocycles. The Bertz CT molecular complexity index is 320. The number of nitrogens with zero attached hydrogens (tertiary/aromatic N) is 1. The van der Waals surface area contributed by atoms with E-state index in [2.05, 4.69) is 38.1 Å². The molecule has 0 heterocycles. The first-order chi connectivity index (χ1) is 6.27. The third kappa shape index (κ3) is 2.59. The number of hydrogen-bond donors (Lipinski definition) is 0. The van der Waals surface area contributed by atoms with Crippen LogP contribution in [0.25, 0.3) is 0 Å². The maximum atomic E-state index is 8.46. The van der Waals surface area contributed by atoms with Gasteiger partial charge < -0.3 is 0 Å². The molecule has 0 unspecified atom stereocenters. The van der Waals surface area contributed by atoms with Gasteiger partial charge in [0.15, 0.2) is 0 Å². The zero-order valence-electron chi connectivity index (χ0n) is 8.30. The van der Waals surface area contributed by atoms with E-state index in [1.165, 1.54) is 16.7 Å². The van der Waals surface area contributed by atoms with E-state index in [0.717, 1.165) is 12.8 Å². The Kier molecular flexibility index (Phi) is 3.52. The molecule has 0 bridgehead atoms. The Morgan fingerprint density at radius 2 is 2.15 bits per heavy atom. The molecule has 0 radical (unpaired) electrons. The molecule has 0 N–H and O–H groups in total. The first kappa shape index (κ1) is 9.80.